The third-order valence-corrected chi connectivity index (χ3v) is 2.10. The van der Waals surface area contributed by atoms with Gasteiger partial charge in [0.05, 0.1) is 5.92 Å². The molecule has 15 heavy (non-hydrogen) atoms. The number of anilines is 1. The van der Waals surface area contributed by atoms with E-state index in [0.29, 0.717) is 18.8 Å². The Bertz CT molecular complexity index is 303. The summed E-state index contributed by atoms with van der Waals surface area (Å²) in [5, 5.41) is 11.9. The predicted molar refractivity (Wildman–Crippen MR) is 56.6 cm³/mol. The molecule has 1 aromatic heterocycles. The summed E-state index contributed by atoms with van der Waals surface area (Å²) in [6.45, 7) is 2.38. The van der Waals surface area contributed by atoms with Gasteiger partial charge in [-0.2, -0.15) is 0 Å². The second-order valence-corrected chi connectivity index (χ2v) is 3.30. The molecule has 5 heteroatoms. The molecule has 1 aromatic rings. The Morgan fingerprint density at radius 3 is 3.00 bits per heavy atom. The van der Waals surface area contributed by atoms with Gasteiger partial charge in [0.1, 0.15) is 12.1 Å². The van der Waals surface area contributed by atoms with E-state index in [4.69, 9.17) is 5.11 Å². The molecule has 0 bridgehead atoms. The lowest BCUT2D eigenvalue weighted by molar-refractivity contribution is -0.141. The zero-order chi connectivity index (χ0) is 11.1. The van der Waals surface area contributed by atoms with Gasteiger partial charge >= 0.3 is 5.97 Å². The highest BCUT2D eigenvalue weighted by molar-refractivity contribution is 5.70. The normalized spacial score (nSPS) is 12.1. The Labute approximate surface area is 88.6 Å². The molecular weight excluding hydrogens is 194 g/mol. The van der Waals surface area contributed by atoms with Crippen LogP contribution in [0.4, 0.5) is 5.82 Å². The average molecular weight is 209 g/mol. The highest BCUT2D eigenvalue weighted by Crippen LogP contribution is 2.08. The fourth-order valence-electron chi connectivity index (χ4n) is 1.28. The summed E-state index contributed by atoms with van der Waals surface area (Å²) in [5.74, 6) is -0.462. The van der Waals surface area contributed by atoms with Crippen molar-refractivity contribution in [2.75, 3.05) is 11.9 Å². The van der Waals surface area contributed by atoms with Crippen LogP contribution in [0, 0.1) is 5.92 Å². The van der Waals surface area contributed by atoms with Crippen molar-refractivity contribution in [3.05, 3.63) is 18.6 Å². The van der Waals surface area contributed by atoms with Crippen molar-refractivity contribution in [2.45, 2.75) is 19.8 Å². The Balaban J connectivity index is 2.43. The summed E-state index contributed by atoms with van der Waals surface area (Å²) in [6, 6.07) is 1.71. The molecule has 1 rings (SSSR count). The molecular formula is C10H15N3O2. The summed E-state index contributed by atoms with van der Waals surface area (Å²) < 4.78 is 0. The second-order valence-electron chi connectivity index (χ2n) is 3.30. The SMILES string of the molecule is CCCC(CNc1ccncn1)C(=O)O. The lowest BCUT2D eigenvalue weighted by Crippen LogP contribution is -2.23. The lowest BCUT2D eigenvalue weighted by atomic mass is 10.0. The highest BCUT2D eigenvalue weighted by Gasteiger charge is 2.15. The molecule has 0 fully saturated rings. The van der Waals surface area contributed by atoms with Crippen LogP contribution in [0.25, 0.3) is 0 Å². The fourth-order valence-corrected chi connectivity index (χ4v) is 1.28. The summed E-state index contributed by atoms with van der Waals surface area (Å²) in [7, 11) is 0. The highest BCUT2D eigenvalue weighted by atomic mass is 16.4. The van der Waals surface area contributed by atoms with Crippen LogP contribution in [-0.2, 0) is 4.79 Å². The quantitative estimate of drug-likeness (QED) is 0.740. The minimum absolute atomic E-state index is 0.357. The molecule has 0 aliphatic carbocycles. The minimum atomic E-state index is -0.765. The lowest BCUT2D eigenvalue weighted by Gasteiger charge is -2.12. The van der Waals surface area contributed by atoms with E-state index < -0.39 is 5.97 Å². The van der Waals surface area contributed by atoms with Gasteiger partial charge in [-0.15, -0.1) is 0 Å². The molecule has 0 aliphatic rings. The van der Waals surface area contributed by atoms with Gasteiger partial charge in [0.25, 0.3) is 0 Å². The zero-order valence-electron chi connectivity index (χ0n) is 8.68. The van der Waals surface area contributed by atoms with Crippen molar-refractivity contribution in [3.8, 4) is 0 Å². The van der Waals surface area contributed by atoms with Gasteiger partial charge in [-0.25, -0.2) is 9.97 Å². The van der Waals surface area contributed by atoms with E-state index in [1.807, 2.05) is 6.92 Å². The van der Waals surface area contributed by atoms with Crippen molar-refractivity contribution in [2.24, 2.45) is 5.92 Å². The van der Waals surface area contributed by atoms with Crippen molar-refractivity contribution in [3.63, 3.8) is 0 Å². The number of hydrogen-bond acceptors (Lipinski definition) is 4. The summed E-state index contributed by atoms with van der Waals surface area (Å²) in [4.78, 5) is 18.6. The summed E-state index contributed by atoms with van der Waals surface area (Å²) >= 11 is 0. The van der Waals surface area contributed by atoms with E-state index in [1.165, 1.54) is 6.33 Å². The number of carbonyl (C=O) groups is 1. The maximum atomic E-state index is 10.8. The zero-order valence-corrected chi connectivity index (χ0v) is 8.68. The van der Waals surface area contributed by atoms with Crippen molar-refractivity contribution >= 4 is 11.8 Å². The van der Waals surface area contributed by atoms with Crippen LogP contribution < -0.4 is 5.32 Å². The van der Waals surface area contributed by atoms with Crippen LogP contribution in [0.15, 0.2) is 18.6 Å². The largest absolute Gasteiger partial charge is 0.481 e. The summed E-state index contributed by atoms with van der Waals surface area (Å²) in [6.07, 6.45) is 4.58. The maximum absolute atomic E-state index is 10.8. The molecule has 5 nitrogen and oxygen atoms in total. The first-order valence-electron chi connectivity index (χ1n) is 4.96. The van der Waals surface area contributed by atoms with E-state index in [1.54, 1.807) is 12.3 Å². The van der Waals surface area contributed by atoms with Gasteiger partial charge in [-0.3, -0.25) is 4.79 Å². The van der Waals surface area contributed by atoms with Crippen molar-refractivity contribution < 1.29 is 9.90 Å². The van der Waals surface area contributed by atoms with Crippen LogP contribution in [0.5, 0.6) is 0 Å². The van der Waals surface area contributed by atoms with E-state index >= 15 is 0 Å². The number of nitrogens with zero attached hydrogens (tertiary/aromatic N) is 2. The number of carboxylic acid groups (broad SMARTS) is 1. The average Bonchev–Trinajstić information content (AvgIpc) is 2.25. The van der Waals surface area contributed by atoms with E-state index in [9.17, 15) is 4.79 Å². The number of hydrogen-bond donors (Lipinski definition) is 2. The first kappa shape index (κ1) is 11.4. The number of aromatic nitrogens is 2. The molecule has 1 heterocycles. The molecule has 0 saturated heterocycles. The molecule has 0 aliphatic heterocycles. The van der Waals surface area contributed by atoms with Crippen molar-refractivity contribution in [1.82, 2.24) is 9.97 Å². The second kappa shape index (κ2) is 5.95. The third-order valence-electron chi connectivity index (χ3n) is 2.10. The van der Waals surface area contributed by atoms with Gasteiger partial charge in [0.15, 0.2) is 0 Å². The van der Waals surface area contributed by atoms with Gasteiger partial charge < -0.3 is 10.4 Å². The first-order chi connectivity index (χ1) is 7.24. The smallest absolute Gasteiger partial charge is 0.308 e. The van der Waals surface area contributed by atoms with Crippen LogP contribution in [0.3, 0.4) is 0 Å². The predicted octanol–water partition coefficient (Wildman–Crippen LogP) is 1.39. The van der Waals surface area contributed by atoms with Gasteiger partial charge in [0, 0.05) is 12.7 Å². The molecule has 82 valence electrons. The van der Waals surface area contributed by atoms with Crippen LogP contribution >= 0.6 is 0 Å². The Morgan fingerprint density at radius 1 is 1.67 bits per heavy atom. The van der Waals surface area contributed by atoms with E-state index in [2.05, 4.69) is 15.3 Å². The maximum Gasteiger partial charge on any atom is 0.308 e. The Morgan fingerprint density at radius 2 is 2.47 bits per heavy atom. The van der Waals surface area contributed by atoms with Crippen LogP contribution in [0.2, 0.25) is 0 Å². The number of nitrogens with one attached hydrogen (secondary N) is 1. The Hall–Kier alpha value is -1.65. The summed E-state index contributed by atoms with van der Waals surface area (Å²) in [5.41, 5.74) is 0. The van der Waals surface area contributed by atoms with Gasteiger partial charge in [0.2, 0.25) is 0 Å². The molecule has 2 N–H and O–H groups in total. The molecule has 0 aromatic carbocycles. The molecule has 0 radical (unpaired) electrons. The molecule has 0 amide bonds. The fraction of sp³-hybridized carbons (Fsp3) is 0.500. The minimum Gasteiger partial charge on any atom is -0.481 e. The van der Waals surface area contributed by atoms with Gasteiger partial charge in [-0.1, -0.05) is 13.3 Å². The number of rotatable bonds is 6. The van der Waals surface area contributed by atoms with Gasteiger partial charge in [-0.05, 0) is 12.5 Å². The van der Waals surface area contributed by atoms with Crippen molar-refractivity contribution in [1.29, 1.82) is 0 Å². The molecule has 0 spiro atoms. The van der Waals surface area contributed by atoms with Crippen LogP contribution in [-0.4, -0.2) is 27.6 Å². The monoisotopic (exact) mass is 209 g/mol. The van der Waals surface area contributed by atoms with Crippen LogP contribution in [0.1, 0.15) is 19.8 Å². The number of aliphatic carboxylic acids is 1. The van der Waals surface area contributed by atoms with E-state index in [-0.39, 0.29) is 5.92 Å². The molecule has 0 saturated carbocycles. The molecule has 1 atom stereocenters. The topological polar surface area (TPSA) is 75.1 Å². The first-order valence-corrected chi connectivity index (χ1v) is 4.96. The Kier molecular flexibility index (Phi) is 4.53. The third kappa shape index (κ3) is 3.93. The number of carboxylic acids is 1. The van der Waals surface area contributed by atoms with E-state index in [0.717, 1.165) is 6.42 Å². The molecule has 1 unspecified atom stereocenters. The standard InChI is InChI=1S/C10H15N3O2/c1-2-3-8(10(14)15)6-12-9-4-5-11-7-13-9/h4-5,7-8H,2-3,6H2,1H3,(H,14,15)(H,11,12,13).